The van der Waals surface area contributed by atoms with Crippen molar-refractivity contribution >= 4 is 11.8 Å². The molecule has 130 valence electrons. The summed E-state index contributed by atoms with van der Waals surface area (Å²) in [7, 11) is 0. The van der Waals surface area contributed by atoms with Gasteiger partial charge in [-0.3, -0.25) is 9.59 Å². The molecular weight excluding hydrogens is 304 g/mol. The Balaban J connectivity index is 1.40. The van der Waals surface area contributed by atoms with E-state index < -0.39 is 0 Å². The van der Waals surface area contributed by atoms with Crippen molar-refractivity contribution in [3.05, 3.63) is 35.9 Å². The van der Waals surface area contributed by atoms with Gasteiger partial charge in [0, 0.05) is 25.6 Å². The summed E-state index contributed by atoms with van der Waals surface area (Å²) < 4.78 is 5.15. The van der Waals surface area contributed by atoms with Crippen molar-refractivity contribution in [3.63, 3.8) is 0 Å². The molecule has 2 amide bonds. The molecule has 2 aliphatic heterocycles. The van der Waals surface area contributed by atoms with Crippen LogP contribution in [0.15, 0.2) is 30.3 Å². The summed E-state index contributed by atoms with van der Waals surface area (Å²) in [5.41, 5.74) is 0.840. The number of piperidine rings is 1. The van der Waals surface area contributed by atoms with Crippen LogP contribution in [0.3, 0.4) is 0 Å². The van der Waals surface area contributed by atoms with E-state index >= 15 is 0 Å². The first-order valence-corrected chi connectivity index (χ1v) is 8.77. The summed E-state index contributed by atoms with van der Waals surface area (Å²) >= 11 is 0. The highest BCUT2D eigenvalue weighted by Gasteiger charge is 2.42. The number of aryl methyl sites for hydroxylation is 1. The predicted octanol–water partition coefficient (Wildman–Crippen LogP) is 1.76. The molecule has 5 heteroatoms. The first kappa shape index (κ1) is 17.0. The van der Waals surface area contributed by atoms with Crippen LogP contribution in [0.5, 0.6) is 0 Å². The summed E-state index contributed by atoms with van der Waals surface area (Å²) in [5, 5.41) is 3.12. The van der Waals surface area contributed by atoms with E-state index in [1.165, 1.54) is 5.56 Å². The molecule has 2 aliphatic rings. The minimum atomic E-state index is -0.358. The normalized spacial score (nSPS) is 20.3. The lowest BCUT2D eigenvalue weighted by atomic mass is 9.87. The molecule has 2 saturated heterocycles. The average molecular weight is 330 g/mol. The molecule has 0 unspecified atom stereocenters. The number of nitrogens with one attached hydrogen (secondary N) is 1. The van der Waals surface area contributed by atoms with Gasteiger partial charge in [-0.05, 0) is 31.7 Å². The number of hydrogen-bond donors (Lipinski definition) is 1. The first-order chi connectivity index (χ1) is 11.6. The fraction of sp³-hybridized carbons (Fsp3) is 0.579. The second kappa shape index (κ2) is 7.34. The quantitative estimate of drug-likeness (QED) is 0.895. The van der Waals surface area contributed by atoms with Gasteiger partial charge in [-0.1, -0.05) is 30.3 Å². The molecule has 0 aromatic heterocycles. The highest BCUT2D eigenvalue weighted by atomic mass is 16.5. The van der Waals surface area contributed by atoms with Crippen LogP contribution >= 0.6 is 0 Å². The highest BCUT2D eigenvalue weighted by Crippen LogP contribution is 2.27. The monoisotopic (exact) mass is 330 g/mol. The van der Waals surface area contributed by atoms with Gasteiger partial charge in [-0.15, -0.1) is 0 Å². The number of carbonyl (C=O) groups is 2. The lowest BCUT2D eigenvalue weighted by Gasteiger charge is -2.39. The van der Waals surface area contributed by atoms with Crippen molar-refractivity contribution in [3.8, 4) is 0 Å². The van der Waals surface area contributed by atoms with Gasteiger partial charge in [0.2, 0.25) is 11.8 Å². The van der Waals surface area contributed by atoms with Crippen molar-refractivity contribution in [1.82, 2.24) is 10.2 Å². The van der Waals surface area contributed by atoms with Crippen LogP contribution in [0.25, 0.3) is 0 Å². The van der Waals surface area contributed by atoms with Crippen LogP contribution in [0.2, 0.25) is 0 Å². The van der Waals surface area contributed by atoms with Gasteiger partial charge in [-0.2, -0.15) is 0 Å². The summed E-state index contributed by atoms with van der Waals surface area (Å²) in [5.74, 6) is 0.297. The summed E-state index contributed by atoms with van der Waals surface area (Å²) in [6, 6.07) is 10.3. The smallest absolute Gasteiger partial charge is 0.230 e. The molecule has 0 radical (unpaired) electrons. The molecule has 24 heavy (non-hydrogen) atoms. The number of nitrogens with zero attached hydrogens (tertiary/aromatic N) is 1. The molecule has 1 aromatic carbocycles. The van der Waals surface area contributed by atoms with E-state index in [2.05, 4.69) is 17.4 Å². The third kappa shape index (κ3) is 3.96. The molecule has 2 fully saturated rings. The maximum atomic E-state index is 12.3. The van der Waals surface area contributed by atoms with Gasteiger partial charge in [-0.25, -0.2) is 0 Å². The zero-order valence-corrected chi connectivity index (χ0v) is 14.3. The maximum absolute atomic E-state index is 12.3. The zero-order valence-electron chi connectivity index (χ0n) is 14.3. The standard InChI is InChI=1S/C19H26N2O3/c1-19(13-24-14-19)18(23)20-16-9-11-21(12-10-16)17(22)8-7-15-5-3-2-4-6-15/h2-6,16H,7-14H2,1H3,(H,20,23). The number of likely N-dealkylation sites (tertiary alicyclic amines) is 1. The molecule has 0 spiro atoms. The molecule has 0 atom stereocenters. The van der Waals surface area contributed by atoms with Crippen LogP contribution in [0.4, 0.5) is 0 Å². The van der Waals surface area contributed by atoms with Gasteiger partial charge >= 0.3 is 0 Å². The third-order valence-electron chi connectivity index (χ3n) is 5.04. The molecule has 5 nitrogen and oxygen atoms in total. The summed E-state index contributed by atoms with van der Waals surface area (Å²) in [6.07, 6.45) is 3.00. The Morgan fingerprint density at radius 2 is 1.88 bits per heavy atom. The summed E-state index contributed by atoms with van der Waals surface area (Å²) in [4.78, 5) is 26.5. The Labute approximate surface area is 143 Å². The predicted molar refractivity (Wildman–Crippen MR) is 91.4 cm³/mol. The molecule has 3 rings (SSSR count). The van der Waals surface area contributed by atoms with Crippen molar-refractivity contribution in [2.45, 2.75) is 38.6 Å². The van der Waals surface area contributed by atoms with Gasteiger partial charge in [0.05, 0.1) is 18.6 Å². The van der Waals surface area contributed by atoms with E-state index in [0.717, 1.165) is 32.4 Å². The Hall–Kier alpha value is -1.88. The lowest BCUT2D eigenvalue weighted by molar-refractivity contribution is -0.158. The van der Waals surface area contributed by atoms with Crippen LogP contribution in [0, 0.1) is 5.41 Å². The Morgan fingerprint density at radius 1 is 1.21 bits per heavy atom. The molecule has 1 aromatic rings. The first-order valence-electron chi connectivity index (χ1n) is 8.77. The van der Waals surface area contributed by atoms with E-state index in [4.69, 9.17) is 4.74 Å². The minimum Gasteiger partial charge on any atom is -0.379 e. The molecule has 2 heterocycles. The minimum absolute atomic E-state index is 0.0857. The fourth-order valence-electron chi connectivity index (χ4n) is 3.23. The maximum Gasteiger partial charge on any atom is 0.230 e. The van der Waals surface area contributed by atoms with Crippen LogP contribution < -0.4 is 5.32 Å². The third-order valence-corrected chi connectivity index (χ3v) is 5.04. The lowest BCUT2D eigenvalue weighted by Crippen LogP contribution is -2.56. The Bertz CT molecular complexity index is 576. The second-order valence-corrected chi connectivity index (χ2v) is 7.17. The SMILES string of the molecule is CC1(C(=O)NC2CCN(C(=O)CCc3ccccc3)CC2)COC1. The molecule has 0 saturated carbocycles. The van der Waals surface area contributed by atoms with Gasteiger partial charge in [0.15, 0.2) is 0 Å². The van der Waals surface area contributed by atoms with Crippen molar-refractivity contribution < 1.29 is 14.3 Å². The number of rotatable bonds is 5. The van der Waals surface area contributed by atoms with E-state index in [-0.39, 0.29) is 23.3 Å². The largest absolute Gasteiger partial charge is 0.379 e. The molecule has 0 bridgehead atoms. The van der Waals surface area contributed by atoms with Crippen molar-refractivity contribution in [2.75, 3.05) is 26.3 Å². The van der Waals surface area contributed by atoms with Gasteiger partial charge in [0.1, 0.15) is 0 Å². The Kier molecular flexibility index (Phi) is 5.19. The topological polar surface area (TPSA) is 58.6 Å². The fourth-order valence-corrected chi connectivity index (χ4v) is 3.23. The van der Waals surface area contributed by atoms with Crippen LogP contribution in [-0.4, -0.2) is 49.1 Å². The van der Waals surface area contributed by atoms with Crippen LogP contribution in [-0.2, 0) is 20.7 Å². The van der Waals surface area contributed by atoms with Crippen LogP contribution in [0.1, 0.15) is 31.7 Å². The number of ether oxygens (including phenoxy) is 1. The van der Waals surface area contributed by atoms with E-state index in [1.807, 2.05) is 30.0 Å². The van der Waals surface area contributed by atoms with E-state index in [1.54, 1.807) is 0 Å². The van der Waals surface area contributed by atoms with Crippen molar-refractivity contribution in [1.29, 1.82) is 0 Å². The summed E-state index contributed by atoms with van der Waals surface area (Å²) in [6.45, 7) is 4.41. The van der Waals surface area contributed by atoms with E-state index in [9.17, 15) is 9.59 Å². The average Bonchev–Trinajstić information content (AvgIpc) is 2.59. The van der Waals surface area contributed by atoms with Crippen molar-refractivity contribution in [2.24, 2.45) is 5.41 Å². The molecule has 1 N–H and O–H groups in total. The second-order valence-electron chi connectivity index (χ2n) is 7.17. The van der Waals surface area contributed by atoms with Gasteiger partial charge < -0.3 is 15.0 Å². The highest BCUT2D eigenvalue weighted by molar-refractivity contribution is 5.83. The molecular formula is C19H26N2O3. The number of hydrogen-bond acceptors (Lipinski definition) is 3. The molecule has 0 aliphatic carbocycles. The Morgan fingerprint density at radius 3 is 2.46 bits per heavy atom. The number of amides is 2. The number of benzene rings is 1. The number of carbonyl (C=O) groups excluding carboxylic acids is 2. The zero-order chi connectivity index (χ0) is 17.0. The van der Waals surface area contributed by atoms with Gasteiger partial charge in [0.25, 0.3) is 0 Å². The van der Waals surface area contributed by atoms with E-state index in [0.29, 0.717) is 19.6 Å².